The number of sulfonamides is 1. The van der Waals surface area contributed by atoms with Gasteiger partial charge in [0.1, 0.15) is 11.3 Å². The highest BCUT2D eigenvalue weighted by atomic mass is 35.5. The summed E-state index contributed by atoms with van der Waals surface area (Å²) in [5.74, 6) is -0.769. The van der Waals surface area contributed by atoms with Crippen molar-refractivity contribution >= 4 is 32.7 Å². The van der Waals surface area contributed by atoms with Crippen LogP contribution in [0.3, 0.4) is 0 Å². The lowest BCUT2D eigenvalue weighted by Gasteiger charge is -2.39. The summed E-state index contributed by atoms with van der Waals surface area (Å²) in [6, 6.07) is 0.223. The van der Waals surface area contributed by atoms with Gasteiger partial charge >= 0.3 is 0 Å². The lowest BCUT2D eigenvalue weighted by Crippen LogP contribution is -2.51. The third kappa shape index (κ3) is 4.03. The molecule has 152 valence electrons. The molecule has 2 heterocycles. The molecule has 8 nitrogen and oxygen atoms in total. The number of fused-ring (bicyclic) bond motifs is 1. The number of hydrogen-bond donors (Lipinski definition) is 2. The summed E-state index contributed by atoms with van der Waals surface area (Å²) >= 11 is 6.38. The van der Waals surface area contributed by atoms with Crippen molar-refractivity contribution in [1.82, 2.24) is 15.2 Å². The van der Waals surface area contributed by atoms with E-state index in [-0.39, 0.29) is 35.9 Å². The zero-order chi connectivity index (χ0) is 19.4. The Morgan fingerprint density at radius 1 is 1.33 bits per heavy atom. The van der Waals surface area contributed by atoms with E-state index in [2.05, 4.69) is 15.3 Å². The van der Waals surface area contributed by atoms with Gasteiger partial charge in [0, 0.05) is 17.5 Å². The van der Waals surface area contributed by atoms with Crippen molar-refractivity contribution in [2.75, 3.05) is 6.54 Å². The summed E-state index contributed by atoms with van der Waals surface area (Å²) in [5, 5.41) is 5.50. The monoisotopic (exact) mass is 418 g/mol. The van der Waals surface area contributed by atoms with Crippen molar-refractivity contribution in [1.29, 1.82) is 0 Å². The number of halogens is 1. The minimum absolute atomic E-state index is 0.145. The van der Waals surface area contributed by atoms with Crippen LogP contribution in [0.1, 0.15) is 52.4 Å². The Balaban J connectivity index is 1.47. The quantitative estimate of drug-likeness (QED) is 0.701. The van der Waals surface area contributed by atoms with Crippen LogP contribution in [-0.2, 0) is 19.7 Å². The second-order valence-corrected chi connectivity index (χ2v) is 11.0. The summed E-state index contributed by atoms with van der Waals surface area (Å²) < 4.78 is 28.4. The fourth-order valence-corrected chi connectivity index (χ4v) is 6.57. The molecule has 0 aromatic rings. The Morgan fingerprint density at radius 2 is 2.07 bits per heavy atom. The number of rotatable bonds is 5. The highest BCUT2D eigenvalue weighted by Crippen LogP contribution is 2.41. The van der Waals surface area contributed by atoms with Gasteiger partial charge in [-0.2, -0.15) is 10.6 Å². The van der Waals surface area contributed by atoms with Crippen LogP contribution < -0.4 is 10.2 Å². The van der Waals surface area contributed by atoms with Crippen LogP contribution in [-0.4, -0.2) is 54.0 Å². The summed E-state index contributed by atoms with van der Waals surface area (Å²) in [4.78, 5) is 18.5. The number of hydrazone groups is 1. The van der Waals surface area contributed by atoms with E-state index in [4.69, 9.17) is 16.4 Å². The molecule has 2 aliphatic heterocycles. The van der Waals surface area contributed by atoms with E-state index in [1.807, 2.05) is 13.8 Å². The summed E-state index contributed by atoms with van der Waals surface area (Å²) in [6.45, 7) is 4.25. The zero-order valence-corrected chi connectivity index (χ0v) is 17.2. The molecule has 0 aromatic heterocycles. The van der Waals surface area contributed by atoms with Crippen LogP contribution in [0.25, 0.3) is 0 Å². The average Bonchev–Trinajstić information content (AvgIpc) is 3.17. The Hall–Kier alpha value is -0.740. The Labute approximate surface area is 165 Å². The minimum atomic E-state index is -3.46. The van der Waals surface area contributed by atoms with Crippen LogP contribution in [0.15, 0.2) is 5.10 Å². The highest BCUT2D eigenvalue weighted by Gasteiger charge is 2.49. The minimum Gasteiger partial charge on any atom is -0.296 e. The Bertz CT molecular complexity index is 754. The molecule has 3 fully saturated rings. The van der Waals surface area contributed by atoms with Crippen molar-refractivity contribution in [3.05, 3.63) is 0 Å². The molecule has 4 rings (SSSR count). The molecule has 0 aromatic carbocycles. The lowest BCUT2D eigenvalue weighted by atomic mass is 9.78. The molecular formula is C17H27ClN4O4S. The van der Waals surface area contributed by atoms with Gasteiger partial charge in [0.05, 0.1) is 17.7 Å². The molecule has 0 bridgehead atoms. The molecule has 1 saturated heterocycles. The van der Waals surface area contributed by atoms with Crippen LogP contribution in [0.2, 0.25) is 0 Å². The molecule has 2 aliphatic carbocycles. The third-order valence-corrected chi connectivity index (χ3v) is 8.59. The van der Waals surface area contributed by atoms with Gasteiger partial charge in [-0.15, -0.1) is 0 Å². The largest absolute Gasteiger partial charge is 0.296 e. The van der Waals surface area contributed by atoms with E-state index in [0.29, 0.717) is 24.6 Å². The predicted molar refractivity (Wildman–Crippen MR) is 101 cm³/mol. The van der Waals surface area contributed by atoms with Crippen molar-refractivity contribution in [3.63, 3.8) is 0 Å². The number of carbonyl (C=O) groups excluding carboxylic acids is 1. The molecular weight excluding hydrogens is 392 g/mol. The number of hydroxylamine groups is 1. The number of amides is 1. The van der Waals surface area contributed by atoms with E-state index in [0.717, 1.165) is 19.3 Å². The topological polar surface area (TPSA) is 100 Å². The van der Waals surface area contributed by atoms with Crippen LogP contribution >= 0.6 is 11.6 Å². The molecule has 5 unspecified atom stereocenters. The number of carbonyl (C=O) groups is 1. The third-order valence-electron chi connectivity index (χ3n) is 6.15. The number of nitrogens with zero attached hydrogens (tertiary/aromatic N) is 2. The van der Waals surface area contributed by atoms with Gasteiger partial charge in [0.2, 0.25) is 15.9 Å². The molecule has 2 N–H and O–H groups in total. The molecule has 2 saturated carbocycles. The van der Waals surface area contributed by atoms with Gasteiger partial charge in [0.15, 0.2) is 0 Å². The van der Waals surface area contributed by atoms with Crippen molar-refractivity contribution in [2.45, 2.75) is 75.3 Å². The number of hydrogen-bond acceptors (Lipinski definition) is 6. The molecule has 4 aliphatic rings. The van der Waals surface area contributed by atoms with E-state index in [1.165, 1.54) is 5.01 Å². The van der Waals surface area contributed by atoms with Crippen molar-refractivity contribution < 1.29 is 18.0 Å². The first-order valence-electron chi connectivity index (χ1n) is 9.66. The predicted octanol–water partition coefficient (Wildman–Crippen LogP) is 1.32. The lowest BCUT2D eigenvalue weighted by molar-refractivity contribution is -0.141. The zero-order valence-electron chi connectivity index (χ0n) is 15.7. The average molecular weight is 419 g/mol. The van der Waals surface area contributed by atoms with Crippen molar-refractivity contribution in [3.8, 4) is 0 Å². The maximum Gasteiger partial charge on any atom is 0.246 e. The van der Waals surface area contributed by atoms with Gasteiger partial charge in [-0.25, -0.2) is 18.1 Å². The first-order chi connectivity index (χ1) is 12.7. The van der Waals surface area contributed by atoms with Gasteiger partial charge in [-0.3, -0.25) is 9.63 Å². The molecule has 0 spiro atoms. The Morgan fingerprint density at radius 3 is 2.70 bits per heavy atom. The highest BCUT2D eigenvalue weighted by molar-refractivity contribution is 7.90. The standard InChI is InChI=1S/C17H27ClN4O4S/c1-10-7-11(26-20-10)9-22-16(23)14-8-12(3-4-13(14)15(18)19-22)27(24,25)21-17(2)5-6-17/h10-14,20-21H,3-9H2,1-2H3. The SMILES string of the molecule is CC1CC(CN2N=C(Cl)C3CCC(S(=O)(=O)NC4(C)CC4)CC3C2=O)ON1. The summed E-state index contributed by atoms with van der Waals surface area (Å²) in [7, 11) is -3.46. The summed E-state index contributed by atoms with van der Waals surface area (Å²) in [6.07, 6.45) is 3.72. The molecule has 0 radical (unpaired) electrons. The maximum atomic E-state index is 13.0. The van der Waals surface area contributed by atoms with Crippen LogP contribution in [0.4, 0.5) is 0 Å². The summed E-state index contributed by atoms with van der Waals surface area (Å²) in [5.41, 5.74) is 2.58. The maximum absolute atomic E-state index is 13.0. The Kier molecular flexibility index (Phi) is 5.04. The molecule has 5 atom stereocenters. The first kappa shape index (κ1) is 19.6. The van der Waals surface area contributed by atoms with Crippen LogP contribution in [0.5, 0.6) is 0 Å². The first-order valence-corrected chi connectivity index (χ1v) is 11.6. The van der Waals surface area contributed by atoms with Gasteiger partial charge in [0.25, 0.3) is 0 Å². The second kappa shape index (κ2) is 6.95. The van der Waals surface area contributed by atoms with Crippen molar-refractivity contribution in [2.24, 2.45) is 16.9 Å². The fourth-order valence-electron chi connectivity index (χ4n) is 4.26. The van der Waals surface area contributed by atoms with E-state index in [9.17, 15) is 13.2 Å². The molecule has 1 amide bonds. The molecule has 10 heteroatoms. The molecule has 27 heavy (non-hydrogen) atoms. The fraction of sp³-hybridized carbons (Fsp3) is 0.882. The smallest absolute Gasteiger partial charge is 0.246 e. The van der Waals surface area contributed by atoms with Gasteiger partial charge in [-0.1, -0.05) is 11.6 Å². The van der Waals surface area contributed by atoms with Gasteiger partial charge in [-0.05, 0) is 52.4 Å². The van der Waals surface area contributed by atoms with E-state index < -0.39 is 21.2 Å². The normalized spacial score (nSPS) is 38.5. The van der Waals surface area contributed by atoms with E-state index in [1.54, 1.807) is 0 Å². The van der Waals surface area contributed by atoms with Gasteiger partial charge < -0.3 is 0 Å². The number of nitrogens with one attached hydrogen (secondary N) is 2. The van der Waals surface area contributed by atoms with E-state index >= 15 is 0 Å². The second-order valence-electron chi connectivity index (χ2n) is 8.69. The van der Waals surface area contributed by atoms with Crippen LogP contribution in [0, 0.1) is 11.8 Å².